The lowest BCUT2D eigenvalue weighted by Gasteiger charge is -2.20. The fourth-order valence-electron chi connectivity index (χ4n) is 3.09. The number of nitrogens with one attached hydrogen (secondary N) is 1. The Labute approximate surface area is 158 Å². The van der Waals surface area contributed by atoms with E-state index in [1.54, 1.807) is 38.3 Å². The van der Waals surface area contributed by atoms with Gasteiger partial charge >= 0.3 is 5.97 Å². The largest absolute Gasteiger partial charge is 0.497 e. The molecule has 1 heterocycles. The molecular weight excluding hydrogens is 344 g/mol. The van der Waals surface area contributed by atoms with E-state index < -0.39 is 17.9 Å². The number of benzene rings is 2. The molecule has 2 aromatic rings. The lowest BCUT2D eigenvalue weighted by Crippen LogP contribution is -2.37. The summed E-state index contributed by atoms with van der Waals surface area (Å²) in [6.45, 7) is 3.94. The number of carbonyl (C=O) groups is 2. The Bertz CT molecular complexity index is 857. The van der Waals surface area contributed by atoms with E-state index in [0.29, 0.717) is 11.3 Å². The van der Waals surface area contributed by atoms with E-state index in [1.165, 1.54) is 0 Å². The van der Waals surface area contributed by atoms with E-state index in [1.807, 2.05) is 31.2 Å². The Morgan fingerprint density at radius 1 is 1.07 bits per heavy atom. The predicted molar refractivity (Wildman–Crippen MR) is 102 cm³/mol. The standard InChI is InChI=1S/C21H22N2O4/c1-4-27-21(25)19-17(14-9-11-16(26-3)12-10-14)18(22-23-19)20(24)15-7-5-13(2)6-8-15/h5-12,17-18,22H,4H2,1-3H3/t17-,18-/m0/s1. The second-order valence-corrected chi connectivity index (χ2v) is 6.31. The van der Waals surface area contributed by atoms with E-state index >= 15 is 0 Å². The highest BCUT2D eigenvalue weighted by Gasteiger charge is 2.41. The average molecular weight is 366 g/mol. The Morgan fingerprint density at radius 3 is 2.33 bits per heavy atom. The zero-order chi connectivity index (χ0) is 19.4. The van der Waals surface area contributed by atoms with Gasteiger partial charge in [-0.2, -0.15) is 5.10 Å². The number of esters is 1. The van der Waals surface area contributed by atoms with Crippen molar-refractivity contribution in [2.45, 2.75) is 25.8 Å². The number of methoxy groups -OCH3 is 1. The minimum Gasteiger partial charge on any atom is -0.497 e. The molecule has 0 amide bonds. The van der Waals surface area contributed by atoms with E-state index in [2.05, 4.69) is 10.5 Å². The van der Waals surface area contributed by atoms with Gasteiger partial charge in [-0.15, -0.1) is 0 Å². The van der Waals surface area contributed by atoms with E-state index in [-0.39, 0.29) is 18.1 Å². The zero-order valence-corrected chi connectivity index (χ0v) is 15.6. The molecule has 0 bridgehead atoms. The Kier molecular flexibility index (Phi) is 5.54. The molecule has 0 fully saturated rings. The highest BCUT2D eigenvalue weighted by Crippen LogP contribution is 2.30. The van der Waals surface area contributed by atoms with Crippen molar-refractivity contribution in [1.82, 2.24) is 5.43 Å². The van der Waals surface area contributed by atoms with Crippen molar-refractivity contribution in [1.29, 1.82) is 0 Å². The molecule has 0 unspecified atom stereocenters. The van der Waals surface area contributed by atoms with Crippen molar-refractivity contribution in [3.8, 4) is 5.75 Å². The van der Waals surface area contributed by atoms with Gasteiger partial charge in [0.15, 0.2) is 11.5 Å². The van der Waals surface area contributed by atoms with Gasteiger partial charge in [0, 0.05) is 5.56 Å². The molecule has 0 radical (unpaired) electrons. The van der Waals surface area contributed by atoms with Crippen LogP contribution in [0.5, 0.6) is 5.75 Å². The average Bonchev–Trinajstić information content (AvgIpc) is 3.13. The molecule has 6 heteroatoms. The van der Waals surface area contributed by atoms with Crippen LogP contribution in [0.4, 0.5) is 0 Å². The molecule has 0 spiro atoms. The van der Waals surface area contributed by atoms with Crippen molar-refractivity contribution in [3.05, 3.63) is 65.2 Å². The number of nitrogens with zero attached hydrogens (tertiary/aromatic N) is 1. The van der Waals surface area contributed by atoms with Crippen molar-refractivity contribution >= 4 is 17.5 Å². The minimum atomic E-state index is -0.680. The lowest BCUT2D eigenvalue weighted by atomic mass is 9.84. The van der Waals surface area contributed by atoms with Gasteiger partial charge < -0.3 is 9.47 Å². The number of ketones is 1. The fraction of sp³-hybridized carbons (Fsp3) is 0.286. The third kappa shape index (κ3) is 3.84. The predicted octanol–water partition coefficient (Wildman–Crippen LogP) is 2.86. The van der Waals surface area contributed by atoms with Gasteiger partial charge in [0.2, 0.25) is 0 Å². The maximum Gasteiger partial charge on any atom is 0.355 e. The SMILES string of the molecule is CCOC(=O)C1=NN[C@H](C(=O)c2ccc(C)cc2)[C@@H]1c1ccc(OC)cc1. The van der Waals surface area contributed by atoms with Crippen molar-refractivity contribution in [3.63, 3.8) is 0 Å². The summed E-state index contributed by atoms with van der Waals surface area (Å²) in [6, 6.07) is 13.9. The molecule has 2 atom stereocenters. The second-order valence-electron chi connectivity index (χ2n) is 6.31. The topological polar surface area (TPSA) is 77.0 Å². The maximum atomic E-state index is 13.1. The summed E-state index contributed by atoms with van der Waals surface area (Å²) in [5, 5.41) is 4.14. The Morgan fingerprint density at radius 2 is 1.74 bits per heavy atom. The first-order valence-corrected chi connectivity index (χ1v) is 8.80. The molecular formula is C21H22N2O4. The van der Waals surface area contributed by atoms with Gasteiger partial charge in [0.25, 0.3) is 0 Å². The van der Waals surface area contributed by atoms with Crippen LogP contribution in [0.3, 0.4) is 0 Å². The van der Waals surface area contributed by atoms with E-state index in [4.69, 9.17) is 9.47 Å². The summed E-state index contributed by atoms with van der Waals surface area (Å²) in [4.78, 5) is 25.5. The summed E-state index contributed by atoms with van der Waals surface area (Å²) in [7, 11) is 1.58. The van der Waals surface area contributed by atoms with Gasteiger partial charge in [-0.25, -0.2) is 4.79 Å². The quantitative estimate of drug-likeness (QED) is 0.628. The van der Waals surface area contributed by atoms with E-state index in [9.17, 15) is 9.59 Å². The van der Waals surface area contributed by atoms with Crippen LogP contribution >= 0.6 is 0 Å². The third-order valence-corrected chi connectivity index (χ3v) is 4.53. The summed E-state index contributed by atoms with van der Waals surface area (Å²) in [6.07, 6.45) is 0. The maximum absolute atomic E-state index is 13.1. The Balaban J connectivity index is 1.95. The Hall–Kier alpha value is -3.15. The second kappa shape index (κ2) is 8.03. The fourth-order valence-corrected chi connectivity index (χ4v) is 3.09. The first kappa shape index (κ1) is 18.6. The summed E-state index contributed by atoms with van der Waals surface area (Å²) in [5.41, 5.74) is 5.47. The number of ether oxygens (including phenoxy) is 2. The lowest BCUT2D eigenvalue weighted by molar-refractivity contribution is -0.135. The number of hydrogen-bond acceptors (Lipinski definition) is 6. The molecule has 1 N–H and O–H groups in total. The van der Waals surface area contributed by atoms with E-state index in [0.717, 1.165) is 11.1 Å². The number of hydrazone groups is 1. The molecule has 0 saturated carbocycles. The number of rotatable bonds is 6. The van der Waals surface area contributed by atoms with Gasteiger partial charge in [-0.1, -0.05) is 42.0 Å². The monoisotopic (exact) mass is 366 g/mol. The molecule has 1 aliphatic heterocycles. The van der Waals surface area contributed by atoms with Crippen LogP contribution in [0.2, 0.25) is 0 Å². The van der Waals surface area contributed by atoms with Crippen molar-refractivity contribution in [2.24, 2.45) is 5.10 Å². The number of aryl methyl sites for hydroxylation is 1. The molecule has 1 aliphatic rings. The molecule has 140 valence electrons. The molecule has 2 aromatic carbocycles. The van der Waals surface area contributed by atoms with Gasteiger partial charge in [-0.05, 0) is 31.5 Å². The van der Waals surface area contributed by atoms with Crippen molar-refractivity contribution < 1.29 is 19.1 Å². The minimum absolute atomic E-state index is 0.126. The molecule has 0 saturated heterocycles. The first-order valence-electron chi connectivity index (χ1n) is 8.80. The highest BCUT2D eigenvalue weighted by atomic mass is 16.5. The van der Waals surface area contributed by atoms with Crippen molar-refractivity contribution in [2.75, 3.05) is 13.7 Å². The third-order valence-electron chi connectivity index (χ3n) is 4.53. The number of carbonyl (C=O) groups excluding carboxylic acids is 2. The van der Waals surface area contributed by atoms with Crippen LogP contribution in [0.25, 0.3) is 0 Å². The van der Waals surface area contributed by atoms with Gasteiger partial charge in [-0.3, -0.25) is 10.2 Å². The molecule has 3 rings (SSSR count). The molecule has 0 aliphatic carbocycles. The van der Waals surface area contributed by atoms with Crippen LogP contribution in [-0.2, 0) is 9.53 Å². The smallest absolute Gasteiger partial charge is 0.355 e. The molecule has 27 heavy (non-hydrogen) atoms. The zero-order valence-electron chi connectivity index (χ0n) is 15.6. The summed E-state index contributed by atoms with van der Waals surface area (Å²) < 4.78 is 10.3. The first-order chi connectivity index (χ1) is 13.0. The van der Waals surface area contributed by atoms with Crippen LogP contribution < -0.4 is 10.2 Å². The number of Topliss-reactive ketones (excluding diaryl/α,β-unsaturated/α-hetero) is 1. The number of hydrogen-bond donors (Lipinski definition) is 1. The van der Waals surface area contributed by atoms with Crippen LogP contribution in [0.15, 0.2) is 53.6 Å². The van der Waals surface area contributed by atoms with Crippen LogP contribution in [0.1, 0.15) is 34.3 Å². The summed E-state index contributed by atoms with van der Waals surface area (Å²) in [5.74, 6) is -0.492. The van der Waals surface area contributed by atoms with Gasteiger partial charge in [0.1, 0.15) is 11.8 Å². The van der Waals surface area contributed by atoms with Crippen LogP contribution in [-0.4, -0.2) is 37.2 Å². The normalized spacial score (nSPS) is 18.4. The summed E-state index contributed by atoms with van der Waals surface area (Å²) >= 11 is 0. The molecule has 6 nitrogen and oxygen atoms in total. The van der Waals surface area contributed by atoms with Crippen LogP contribution in [0, 0.1) is 6.92 Å². The van der Waals surface area contributed by atoms with Gasteiger partial charge in [0.05, 0.1) is 19.6 Å². The molecule has 0 aromatic heterocycles. The highest BCUT2D eigenvalue weighted by molar-refractivity contribution is 6.40.